The van der Waals surface area contributed by atoms with Gasteiger partial charge in [-0.25, -0.2) is 0 Å². The number of halogens is 1. The standard InChI is InChI=1S/C17H17ClN4O2/c1-10(16-21-20-15-3-2-6-22(15)16)19-17(23)12-7-11-8-13(18)4-5-14(11)24-9-12/h4-5,7-8,10H,2-3,6,9H2,1H3,(H,19,23)/t10-/m1/s1. The summed E-state index contributed by atoms with van der Waals surface area (Å²) in [6, 6.07) is 5.16. The molecule has 0 bridgehead atoms. The Morgan fingerprint density at radius 1 is 1.42 bits per heavy atom. The van der Waals surface area contributed by atoms with Crippen molar-refractivity contribution in [1.82, 2.24) is 20.1 Å². The number of nitrogens with zero attached hydrogens (tertiary/aromatic N) is 3. The van der Waals surface area contributed by atoms with Crippen molar-refractivity contribution in [2.75, 3.05) is 6.61 Å². The van der Waals surface area contributed by atoms with Gasteiger partial charge in [0.15, 0.2) is 5.82 Å². The van der Waals surface area contributed by atoms with E-state index in [0.29, 0.717) is 10.6 Å². The molecule has 7 heteroatoms. The molecule has 1 N–H and O–H groups in total. The lowest BCUT2D eigenvalue weighted by molar-refractivity contribution is -0.118. The number of carbonyl (C=O) groups is 1. The molecule has 2 aromatic rings. The fourth-order valence-corrected chi connectivity index (χ4v) is 3.31. The number of ether oxygens (including phenoxy) is 1. The molecule has 0 saturated heterocycles. The van der Waals surface area contributed by atoms with Gasteiger partial charge >= 0.3 is 0 Å². The Hall–Kier alpha value is -2.34. The minimum absolute atomic E-state index is 0.163. The van der Waals surface area contributed by atoms with Crippen molar-refractivity contribution < 1.29 is 9.53 Å². The first kappa shape index (κ1) is 15.2. The van der Waals surface area contributed by atoms with Gasteiger partial charge in [-0.05, 0) is 37.6 Å². The van der Waals surface area contributed by atoms with Gasteiger partial charge in [0.2, 0.25) is 0 Å². The molecule has 1 aromatic heterocycles. The molecule has 2 aliphatic heterocycles. The van der Waals surface area contributed by atoms with Gasteiger partial charge in [-0.1, -0.05) is 11.6 Å². The highest BCUT2D eigenvalue weighted by Crippen LogP contribution is 2.29. The van der Waals surface area contributed by atoms with Gasteiger partial charge in [-0.15, -0.1) is 10.2 Å². The maximum atomic E-state index is 12.5. The fourth-order valence-electron chi connectivity index (χ4n) is 3.13. The molecule has 1 aromatic carbocycles. The summed E-state index contributed by atoms with van der Waals surface area (Å²) in [5.41, 5.74) is 1.38. The second-order valence-corrected chi connectivity index (χ2v) is 6.50. The van der Waals surface area contributed by atoms with Crippen LogP contribution in [0, 0.1) is 0 Å². The third-order valence-electron chi connectivity index (χ3n) is 4.35. The monoisotopic (exact) mass is 344 g/mol. The van der Waals surface area contributed by atoms with Gasteiger partial charge in [0, 0.05) is 23.6 Å². The Morgan fingerprint density at radius 3 is 3.17 bits per heavy atom. The molecule has 24 heavy (non-hydrogen) atoms. The average Bonchev–Trinajstić information content (AvgIpc) is 3.17. The van der Waals surface area contributed by atoms with Crippen molar-refractivity contribution in [3.05, 3.63) is 46.0 Å². The molecular formula is C17H17ClN4O2. The molecule has 124 valence electrons. The highest BCUT2D eigenvalue weighted by atomic mass is 35.5. The zero-order valence-electron chi connectivity index (χ0n) is 13.3. The van der Waals surface area contributed by atoms with E-state index in [2.05, 4.69) is 20.1 Å². The van der Waals surface area contributed by atoms with E-state index >= 15 is 0 Å². The van der Waals surface area contributed by atoms with Crippen LogP contribution < -0.4 is 10.1 Å². The number of aryl methyl sites for hydroxylation is 1. The van der Waals surface area contributed by atoms with E-state index in [1.165, 1.54) is 0 Å². The highest BCUT2D eigenvalue weighted by molar-refractivity contribution is 6.30. The van der Waals surface area contributed by atoms with E-state index < -0.39 is 0 Å². The largest absolute Gasteiger partial charge is 0.488 e. The summed E-state index contributed by atoms with van der Waals surface area (Å²) in [6.07, 6.45) is 3.85. The normalized spacial score (nSPS) is 16.7. The Bertz CT molecular complexity index is 843. The first-order chi connectivity index (χ1) is 11.6. The summed E-state index contributed by atoms with van der Waals surface area (Å²) in [5, 5.41) is 12.0. The van der Waals surface area contributed by atoms with Crippen LogP contribution in [0.5, 0.6) is 5.75 Å². The number of rotatable bonds is 3. The quantitative estimate of drug-likeness (QED) is 0.929. The Kier molecular flexibility index (Phi) is 3.76. The van der Waals surface area contributed by atoms with Crippen molar-refractivity contribution >= 4 is 23.6 Å². The van der Waals surface area contributed by atoms with E-state index in [1.54, 1.807) is 12.1 Å². The molecule has 1 amide bonds. The van der Waals surface area contributed by atoms with Crippen molar-refractivity contribution in [2.45, 2.75) is 32.4 Å². The van der Waals surface area contributed by atoms with Crippen LogP contribution >= 0.6 is 11.6 Å². The van der Waals surface area contributed by atoms with Gasteiger partial charge in [0.1, 0.15) is 18.2 Å². The number of amides is 1. The lowest BCUT2D eigenvalue weighted by atomic mass is 10.1. The molecule has 3 heterocycles. The zero-order chi connectivity index (χ0) is 16.7. The number of nitrogens with one attached hydrogen (secondary N) is 1. The summed E-state index contributed by atoms with van der Waals surface area (Å²) in [4.78, 5) is 12.5. The molecule has 0 fully saturated rings. The zero-order valence-corrected chi connectivity index (χ0v) is 14.0. The molecule has 4 rings (SSSR count). The van der Waals surface area contributed by atoms with Crippen molar-refractivity contribution in [3.8, 4) is 5.75 Å². The summed E-state index contributed by atoms with van der Waals surface area (Å²) in [5.74, 6) is 2.37. The first-order valence-electron chi connectivity index (χ1n) is 7.97. The van der Waals surface area contributed by atoms with E-state index in [1.807, 2.05) is 19.1 Å². The van der Waals surface area contributed by atoms with Gasteiger partial charge in [0.25, 0.3) is 5.91 Å². The second-order valence-electron chi connectivity index (χ2n) is 6.07. The number of hydrogen-bond donors (Lipinski definition) is 1. The van der Waals surface area contributed by atoms with Gasteiger partial charge in [-0.2, -0.15) is 0 Å². The molecule has 0 saturated carbocycles. The Labute approximate surface area is 144 Å². The molecule has 0 aliphatic carbocycles. The summed E-state index contributed by atoms with van der Waals surface area (Å²) in [7, 11) is 0. The first-order valence-corrected chi connectivity index (χ1v) is 8.35. The molecule has 1 atom stereocenters. The Morgan fingerprint density at radius 2 is 2.29 bits per heavy atom. The van der Waals surface area contributed by atoms with E-state index in [-0.39, 0.29) is 18.6 Å². The molecule has 0 unspecified atom stereocenters. The maximum Gasteiger partial charge on any atom is 0.251 e. The van der Waals surface area contributed by atoms with Crippen LogP contribution in [-0.4, -0.2) is 27.3 Å². The molecule has 0 radical (unpaired) electrons. The van der Waals surface area contributed by atoms with Crippen molar-refractivity contribution in [1.29, 1.82) is 0 Å². The van der Waals surface area contributed by atoms with E-state index in [4.69, 9.17) is 16.3 Å². The minimum Gasteiger partial charge on any atom is -0.488 e. The van der Waals surface area contributed by atoms with Crippen LogP contribution in [0.1, 0.15) is 36.6 Å². The summed E-state index contributed by atoms with van der Waals surface area (Å²) >= 11 is 6.01. The van der Waals surface area contributed by atoms with Crippen LogP contribution in [-0.2, 0) is 17.8 Å². The van der Waals surface area contributed by atoms with Crippen molar-refractivity contribution in [2.24, 2.45) is 0 Å². The predicted molar refractivity (Wildman–Crippen MR) is 89.8 cm³/mol. The smallest absolute Gasteiger partial charge is 0.251 e. The number of benzene rings is 1. The average molecular weight is 345 g/mol. The van der Waals surface area contributed by atoms with Gasteiger partial charge in [0.05, 0.1) is 11.6 Å². The van der Waals surface area contributed by atoms with Gasteiger partial charge in [-0.3, -0.25) is 4.79 Å². The third kappa shape index (κ3) is 2.67. The Balaban J connectivity index is 1.52. The van der Waals surface area contributed by atoms with E-state index in [9.17, 15) is 4.79 Å². The summed E-state index contributed by atoms with van der Waals surface area (Å²) in [6.45, 7) is 3.07. The lowest BCUT2D eigenvalue weighted by Crippen LogP contribution is -2.32. The van der Waals surface area contributed by atoms with Crippen LogP contribution in [0.3, 0.4) is 0 Å². The topological polar surface area (TPSA) is 69.0 Å². The molecule has 2 aliphatic rings. The molecule has 6 nitrogen and oxygen atoms in total. The highest BCUT2D eigenvalue weighted by Gasteiger charge is 2.24. The number of fused-ring (bicyclic) bond motifs is 2. The summed E-state index contributed by atoms with van der Waals surface area (Å²) < 4.78 is 7.73. The SMILES string of the molecule is C[C@@H](NC(=O)C1=Cc2cc(Cl)ccc2OC1)c1nnc2n1CCC2. The molecule has 0 spiro atoms. The predicted octanol–water partition coefficient (Wildman–Crippen LogP) is 2.53. The van der Waals surface area contributed by atoms with Crippen LogP contribution in [0.25, 0.3) is 6.08 Å². The number of aromatic nitrogens is 3. The van der Waals surface area contributed by atoms with Gasteiger partial charge < -0.3 is 14.6 Å². The van der Waals surface area contributed by atoms with Crippen LogP contribution in [0.4, 0.5) is 0 Å². The number of hydrogen-bond acceptors (Lipinski definition) is 4. The third-order valence-corrected chi connectivity index (χ3v) is 4.58. The van der Waals surface area contributed by atoms with E-state index in [0.717, 1.165) is 42.3 Å². The van der Waals surface area contributed by atoms with Crippen molar-refractivity contribution in [3.63, 3.8) is 0 Å². The lowest BCUT2D eigenvalue weighted by Gasteiger charge is -2.20. The van der Waals surface area contributed by atoms with Crippen LogP contribution in [0.2, 0.25) is 5.02 Å². The molecular weight excluding hydrogens is 328 g/mol. The second kappa shape index (κ2) is 5.94. The minimum atomic E-state index is -0.210. The fraction of sp³-hybridized carbons (Fsp3) is 0.353. The van der Waals surface area contributed by atoms with Crippen LogP contribution in [0.15, 0.2) is 23.8 Å². The maximum absolute atomic E-state index is 12.5. The number of carbonyl (C=O) groups excluding carboxylic acids is 1.